The van der Waals surface area contributed by atoms with Crippen molar-refractivity contribution < 1.29 is 39.8 Å². The van der Waals surface area contributed by atoms with Crippen molar-refractivity contribution in [3.63, 3.8) is 0 Å². The number of nitrogens with one attached hydrogen (secondary N) is 2. The van der Waals surface area contributed by atoms with Crippen LogP contribution in [0.5, 0.6) is 17.2 Å². The van der Waals surface area contributed by atoms with Crippen molar-refractivity contribution in [1.82, 2.24) is 15.2 Å². The lowest BCUT2D eigenvalue weighted by Crippen LogP contribution is -2.17. The maximum Gasteiger partial charge on any atom is 0.573 e. The Kier molecular flexibility index (Phi) is 6.14. The van der Waals surface area contributed by atoms with Gasteiger partial charge in [0.1, 0.15) is 22.2 Å². The number of benzene rings is 2. The van der Waals surface area contributed by atoms with Crippen LogP contribution < -0.4 is 14.2 Å². The Hall–Kier alpha value is -3.72. The molecule has 4 rings (SSSR count). The van der Waals surface area contributed by atoms with E-state index in [4.69, 9.17) is 4.74 Å². The van der Waals surface area contributed by atoms with E-state index in [1.165, 1.54) is 23.3 Å². The minimum Gasteiger partial charge on any atom is -0.454 e. The van der Waals surface area contributed by atoms with Crippen LogP contribution in [0.25, 0.3) is 11.1 Å². The monoisotopic (exact) mass is 518 g/mol. The molecule has 0 spiro atoms. The average Bonchev–Trinajstić information content (AvgIpc) is 3.44. The lowest BCUT2D eigenvalue weighted by Gasteiger charge is -2.15. The first kappa shape index (κ1) is 23.4. The number of hydrogen-bond donors (Lipinski definition) is 2. The zero-order valence-corrected chi connectivity index (χ0v) is 18.1. The second-order valence-corrected chi connectivity index (χ2v) is 8.86. The number of H-pyrrole nitrogens is 1. The van der Waals surface area contributed by atoms with E-state index in [1.54, 1.807) is 0 Å². The quantitative estimate of drug-likeness (QED) is 0.322. The highest BCUT2D eigenvalue weighted by atomic mass is 32.2. The van der Waals surface area contributed by atoms with Crippen molar-refractivity contribution >= 4 is 27.2 Å². The lowest BCUT2D eigenvalue weighted by atomic mass is 10.1. The molecule has 0 unspecified atom stereocenters. The molecule has 0 radical (unpaired) electrons. The van der Waals surface area contributed by atoms with Gasteiger partial charge in [-0.25, -0.2) is 22.2 Å². The largest absolute Gasteiger partial charge is 0.573 e. The normalized spacial score (nSPS) is 11.9. The number of aromatic amines is 1. The summed E-state index contributed by atoms with van der Waals surface area (Å²) in [4.78, 5) is 2.72. The van der Waals surface area contributed by atoms with Crippen molar-refractivity contribution in [2.75, 3.05) is 4.72 Å². The Bertz CT molecular complexity index is 1410. The molecular weight excluding hydrogens is 507 g/mol. The van der Waals surface area contributed by atoms with E-state index in [1.807, 2.05) is 4.72 Å². The molecule has 2 aromatic carbocycles. The molecule has 2 heterocycles. The van der Waals surface area contributed by atoms with Gasteiger partial charge in [-0.3, -0.25) is 9.82 Å². The molecular formula is C19H11F5N4O4S2. The number of thiazole rings is 1. The van der Waals surface area contributed by atoms with E-state index in [2.05, 4.69) is 19.9 Å². The first-order valence-corrected chi connectivity index (χ1v) is 11.4. The van der Waals surface area contributed by atoms with Crippen LogP contribution in [0.3, 0.4) is 0 Å². The maximum absolute atomic E-state index is 14.7. The zero-order valence-electron chi connectivity index (χ0n) is 16.4. The Morgan fingerprint density at radius 1 is 1.06 bits per heavy atom. The number of ether oxygens (including phenoxy) is 2. The number of anilines is 1. The highest BCUT2D eigenvalue weighted by Gasteiger charge is 2.31. The molecule has 0 amide bonds. The molecule has 0 saturated carbocycles. The Morgan fingerprint density at radius 2 is 1.85 bits per heavy atom. The highest BCUT2D eigenvalue weighted by molar-refractivity contribution is 7.92. The van der Waals surface area contributed by atoms with Gasteiger partial charge in [-0.2, -0.15) is 5.10 Å². The van der Waals surface area contributed by atoms with Crippen LogP contribution >= 0.6 is 11.3 Å². The minimum absolute atomic E-state index is 0.0113. The van der Waals surface area contributed by atoms with Gasteiger partial charge in [0.25, 0.3) is 10.0 Å². The molecule has 0 atom stereocenters. The van der Waals surface area contributed by atoms with Crippen LogP contribution in [0.1, 0.15) is 0 Å². The standard InChI is InChI=1S/C19H11F5N4O4S2/c20-13-5-17(34(29,30)28-18-8-33-9-25-18)14(21)4-16(13)31-15-2-1-11(32-19(22,23)24)3-12(15)10-6-26-27-7-10/h1-9,28H,(H,26,27). The van der Waals surface area contributed by atoms with E-state index >= 15 is 0 Å². The summed E-state index contributed by atoms with van der Waals surface area (Å²) in [6, 6.07) is 3.85. The predicted molar refractivity (Wildman–Crippen MR) is 110 cm³/mol. The topological polar surface area (TPSA) is 106 Å². The molecule has 15 heteroatoms. The molecule has 8 nitrogen and oxygen atoms in total. The predicted octanol–water partition coefficient (Wildman–Crippen LogP) is 5.30. The van der Waals surface area contributed by atoms with E-state index < -0.39 is 44.4 Å². The molecule has 0 aliphatic heterocycles. The number of alkyl halides is 3. The third kappa shape index (κ3) is 5.26. The minimum atomic E-state index is -4.96. The van der Waals surface area contributed by atoms with Crippen molar-refractivity contribution in [2.24, 2.45) is 0 Å². The third-order valence-corrected chi connectivity index (χ3v) is 6.12. The zero-order chi connectivity index (χ0) is 24.5. The molecule has 0 fully saturated rings. The molecule has 0 aliphatic rings. The summed E-state index contributed by atoms with van der Waals surface area (Å²) in [7, 11) is -4.50. The van der Waals surface area contributed by atoms with Crippen molar-refractivity contribution in [3.05, 3.63) is 65.3 Å². The summed E-state index contributed by atoms with van der Waals surface area (Å²) in [5.41, 5.74) is 1.61. The van der Waals surface area contributed by atoms with E-state index in [-0.39, 0.29) is 22.7 Å². The summed E-state index contributed by atoms with van der Waals surface area (Å²) in [5, 5.41) is 7.52. The van der Waals surface area contributed by atoms with Crippen LogP contribution in [-0.2, 0) is 10.0 Å². The number of hydrogen-bond acceptors (Lipinski definition) is 7. The average molecular weight is 518 g/mol. The number of nitrogens with zero attached hydrogens (tertiary/aromatic N) is 2. The summed E-state index contributed by atoms with van der Waals surface area (Å²) >= 11 is 1.09. The first-order chi connectivity index (χ1) is 16.0. The summed E-state index contributed by atoms with van der Waals surface area (Å²) in [6.45, 7) is 0. The van der Waals surface area contributed by atoms with Crippen LogP contribution in [0.4, 0.5) is 27.8 Å². The van der Waals surface area contributed by atoms with Gasteiger partial charge >= 0.3 is 6.36 Å². The highest BCUT2D eigenvalue weighted by Crippen LogP contribution is 2.38. The molecule has 178 valence electrons. The number of halogens is 5. The molecule has 2 N–H and O–H groups in total. The fourth-order valence-electron chi connectivity index (χ4n) is 2.79. The summed E-state index contributed by atoms with van der Waals surface area (Å²) < 4.78 is 103. The van der Waals surface area contributed by atoms with Gasteiger partial charge in [0.15, 0.2) is 17.4 Å². The molecule has 0 bridgehead atoms. The summed E-state index contributed by atoms with van der Waals surface area (Å²) in [6.07, 6.45) is -2.37. The van der Waals surface area contributed by atoms with Gasteiger partial charge in [0, 0.05) is 34.8 Å². The smallest absolute Gasteiger partial charge is 0.454 e. The van der Waals surface area contributed by atoms with Gasteiger partial charge in [-0.05, 0) is 18.2 Å². The molecule has 4 aromatic rings. The van der Waals surface area contributed by atoms with Crippen molar-refractivity contribution in [2.45, 2.75) is 11.3 Å². The molecule has 34 heavy (non-hydrogen) atoms. The van der Waals surface area contributed by atoms with Crippen LogP contribution in [0.2, 0.25) is 0 Å². The van der Waals surface area contributed by atoms with Gasteiger partial charge in [-0.1, -0.05) is 0 Å². The van der Waals surface area contributed by atoms with Crippen molar-refractivity contribution in [3.8, 4) is 28.4 Å². The third-order valence-electron chi connectivity index (χ3n) is 4.16. The fourth-order valence-corrected chi connectivity index (χ4v) is 4.42. The van der Waals surface area contributed by atoms with E-state index in [0.29, 0.717) is 12.1 Å². The number of rotatable bonds is 7. The second kappa shape index (κ2) is 8.90. The summed E-state index contributed by atoms with van der Waals surface area (Å²) in [5.74, 6) is -4.12. The Labute approximate surface area is 192 Å². The van der Waals surface area contributed by atoms with Crippen LogP contribution in [0, 0.1) is 11.6 Å². The van der Waals surface area contributed by atoms with Gasteiger partial charge < -0.3 is 9.47 Å². The number of sulfonamides is 1. The molecule has 2 aromatic heterocycles. The van der Waals surface area contributed by atoms with Crippen LogP contribution in [0.15, 0.2) is 58.5 Å². The lowest BCUT2D eigenvalue weighted by molar-refractivity contribution is -0.274. The molecule has 0 aliphatic carbocycles. The Morgan fingerprint density at radius 3 is 2.50 bits per heavy atom. The van der Waals surface area contributed by atoms with E-state index in [0.717, 1.165) is 29.5 Å². The fraction of sp³-hybridized carbons (Fsp3) is 0.0526. The van der Waals surface area contributed by atoms with Gasteiger partial charge in [0.05, 0.1) is 11.7 Å². The van der Waals surface area contributed by atoms with Gasteiger partial charge in [-0.15, -0.1) is 24.5 Å². The SMILES string of the molecule is O=S(=O)(Nc1cscn1)c1cc(F)c(Oc2ccc(OC(F)(F)F)cc2-c2cn[nH]c2)cc1F. The van der Waals surface area contributed by atoms with Crippen LogP contribution in [-0.4, -0.2) is 30.0 Å². The molecule has 0 saturated heterocycles. The maximum atomic E-state index is 14.7. The first-order valence-electron chi connectivity index (χ1n) is 8.99. The second-order valence-electron chi connectivity index (χ2n) is 6.49. The van der Waals surface area contributed by atoms with Gasteiger partial charge in [0.2, 0.25) is 0 Å². The van der Waals surface area contributed by atoms with Crippen molar-refractivity contribution in [1.29, 1.82) is 0 Å². The van der Waals surface area contributed by atoms with E-state index in [9.17, 15) is 30.4 Å². The number of aromatic nitrogens is 3. The Balaban J connectivity index is 1.68.